The van der Waals surface area contributed by atoms with E-state index in [1.165, 1.54) is 4.88 Å². The Balaban J connectivity index is 1.96. The molecule has 2 heterocycles. The van der Waals surface area contributed by atoms with Crippen molar-refractivity contribution in [3.63, 3.8) is 0 Å². The van der Waals surface area contributed by atoms with Crippen molar-refractivity contribution < 1.29 is 9.47 Å². The standard InChI is InChI=1S/C12H16ClN3O2S/c1-8-7-9-10(14-3-4-18-6-5-17-2)15-12(13)16-11(9)19-8/h7H,3-6H2,1-2H3,(H,14,15,16). The molecular formula is C12H16ClN3O2S. The molecule has 0 saturated heterocycles. The molecule has 0 amide bonds. The first-order valence-corrected chi connectivity index (χ1v) is 7.14. The number of ether oxygens (including phenoxy) is 2. The summed E-state index contributed by atoms with van der Waals surface area (Å²) < 4.78 is 10.3. The van der Waals surface area contributed by atoms with Crippen molar-refractivity contribution in [1.29, 1.82) is 0 Å². The number of aryl methyl sites for hydroxylation is 1. The van der Waals surface area contributed by atoms with Gasteiger partial charge < -0.3 is 14.8 Å². The van der Waals surface area contributed by atoms with Crippen molar-refractivity contribution >= 4 is 39.0 Å². The van der Waals surface area contributed by atoms with E-state index >= 15 is 0 Å². The van der Waals surface area contributed by atoms with Crippen LogP contribution in [0.5, 0.6) is 0 Å². The van der Waals surface area contributed by atoms with E-state index in [1.807, 2.05) is 6.92 Å². The maximum Gasteiger partial charge on any atom is 0.225 e. The lowest BCUT2D eigenvalue weighted by atomic mass is 10.3. The highest BCUT2D eigenvalue weighted by Crippen LogP contribution is 2.29. The minimum atomic E-state index is 0.261. The minimum absolute atomic E-state index is 0.261. The minimum Gasteiger partial charge on any atom is -0.382 e. The molecule has 7 heteroatoms. The molecule has 0 atom stereocenters. The van der Waals surface area contributed by atoms with Crippen molar-refractivity contribution in [2.75, 3.05) is 38.8 Å². The molecule has 0 spiro atoms. The Hall–Kier alpha value is -0.950. The van der Waals surface area contributed by atoms with Crippen molar-refractivity contribution in [2.24, 2.45) is 0 Å². The van der Waals surface area contributed by atoms with Crippen LogP contribution in [0.15, 0.2) is 6.07 Å². The topological polar surface area (TPSA) is 56.3 Å². The van der Waals surface area contributed by atoms with Gasteiger partial charge >= 0.3 is 0 Å². The van der Waals surface area contributed by atoms with Crippen LogP contribution in [-0.4, -0.2) is 43.4 Å². The molecule has 0 aliphatic rings. The summed E-state index contributed by atoms with van der Waals surface area (Å²) in [5.41, 5.74) is 0. The maximum atomic E-state index is 5.91. The molecule has 0 aliphatic heterocycles. The number of halogens is 1. The lowest BCUT2D eigenvalue weighted by molar-refractivity contribution is 0.0759. The predicted octanol–water partition coefficient (Wildman–Crippen LogP) is 2.73. The maximum absolute atomic E-state index is 5.91. The molecule has 2 aromatic rings. The number of rotatable bonds is 7. The van der Waals surface area contributed by atoms with Gasteiger partial charge in [-0.05, 0) is 24.6 Å². The van der Waals surface area contributed by atoms with E-state index in [9.17, 15) is 0 Å². The normalized spacial score (nSPS) is 11.1. The Labute approximate surface area is 120 Å². The Morgan fingerprint density at radius 3 is 2.95 bits per heavy atom. The van der Waals surface area contributed by atoms with Crippen LogP contribution in [0.3, 0.4) is 0 Å². The Bertz CT molecular complexity index is 547. The summed E-state index contributed by atoms with van der Waals surface area (Å²) in [5, 5.41) is 4.49. The zero-order valence-corrected chi connectivity index (χ0v) is 12.5. The highest BCUT2D eigenvalue weighted by molar-refractivity contribution is 7.18. The molecule has 0 unspecified atom stereocenters. The summed E-state index contributed by atoms with van der Waals surface area (Å²) in [6.45, 7) is 4.50. The van der Waals surface area contributed by atoms with Gasteiger partial charge in [-0.3, -0.25) is 0 Å². The Kier molecular flexibility index (Phi) is 5.33. The van der Waals surface area contributed by atoms with Crippen LogP contribution < -0.4 is 5.32 Å². The van der Waals surface area contributed by atoms with Crippen molar-refractivity contribution in [3.05, 3.63) is 16.2 Å². The molecule has 0 aromatic carbocycles. The third kappa shape index (κ3) is 4.01. The van der Waals surface area contributed by atoms with Crippen LogP contribution in [0.2, 0.25) is 5.28 Å². The number of aromatic nitrogens is 2. The van der Waals surface area contributed by atoms with Gasteiger partial charge in [0.25, 0.3) is 0 Å². The molecule has 0 fully saturated rings. The summed E-state index contributed by atoms with van der Waals surface area (Å²) >= 11 is 7.52. The molecular weight excluding hydrogens is 286 g/mol. The summed E-state index contributed by atoms with van der Waals surface area (Å²) in [5.74, 6) is 0.759. The van der Waals surface area contributed by atoms with Gasteiger partial charge in [-0.2, -0.15) is 0 Å². The number of hydrogen-bond donors (Lipinski definition) is 1. The molecule has 0 saturated carbocycles. The van der Waals surface area contributed by atoms with Crippen molar-refractivity contribution in [1.82, 2.24) is 9.97 Å². The number of anilines is 1. The van der Waals surface area contributed by atoms with Gasteiger partial charge in [0, 0.05) is 18.5 Å². The number of hydrogen-bond acceptors (Lipinski definition) is 6. The number of methoxy groups -OCH3 is 1. The summed E-state index contributed by atoms with van der Waals surface area (Å²) in [4.78, 5) is 10.5. The van der Waals surface area contributed by atoms with Crippen molar-refractivity contribution in [2.45, 2.75) is 6.92 Å². The van der Waals surface area contributed by atoms with E-state index in [0.29, 0.717) is 26.4 Å². The molecule has 2 aromatic heterocycles. The third-order valence-corrected chi connectivity index (χ3v) is 3.57. The van der Waals surface area contributed by atoms with Gasteiger partial charge in [-0.1, -0.05) is 0 Å². The van der Waals surface area contributed by atoms with Crippen LogP contribution in [0.1, 0.15) is 4.88 Å². The monoisotopic (exact) mass is 301 g/mol. The molecule has 0 aliphatic carbocycles. The first kappa shape index (κ1) is 14.5. The molecule has 0 radical (unpaired) electrons. The van der Waals surface area contributed by atoms with Gasteiger partial charge in [0.1, 0.15) is 10.6 Å². The van der Waals surface area contributed by atoms with Gasteiger partial charge in [-0.15, -0.1) is 11.3 Å². The summed E-state index contributed by atoms with van der Waals surface area (Å²) in [6.07, 6.45) is 0. The fourth-order valence-corrected chi connectivity index (χ4v) is 2.74. The van der Waals surface area contributed by atoms with Crippen LogP contribution in [-0.2, 0) is 9.47 Å². The van der Waals surface area contributed by atoms with Crippen LogP contribution in [0.25, 0.3) is 10.2 Å². The predicted molar refractivity (Wildman–Crippen MR) is 78.3 cm³/mol. The molecule has 0 bridgehead atoms. The smallest absolute Gasteiger partial charge is 0.225 e. The zero-order chi connectivity index (χ0) is 13.7. The number of nitrogens with one attached hydrogen (secondary N) is 1. The molecule has 19 heavy (non-hydrogen) atoms. The highest BCUT2D eigenvalue weighted by atomic mass is 35.5. The average molecular weight is 302 g/mol. The van der Waals surface area contributed by atoms with E-state index in [2.05, 4.69) is 21.4 Å². The molecule has 5 nitrogen and oxygen atoms in total. The Morgan fingerprint density at radius 1 is 1.32 bits per heavy atom. The SMILES string of the molecule is COCCOCCNc1nc(Cl)nc2sc(C)cc12. The van der Waals surface area contributed by atoms with Crippen LogP contribution in [0.4, 0.5) is 5.82 Å². The van der Waals surface area contributed by atoms with Gasteiger partial charge in [-0.25, -0.2) is 9.97 Å². The second-order valence-electron chi connectivity index (χ2n) is 3.95. The van der Waals surface area contributed by atoms with E-state index in [-0.39, 0.29) is 5.28 Å². The lowest BCUT2D eigenvalue weighted by Crippen LogP contribution is -2.13. The zero-order valence-electron chi connectivity index (χ0n) is 10.9. The van der Waals surface area contributed by atoms with Crippen molar-refractivity contribution in [3.8, 4) is 0 Å². The highest BCUT2D eigenvalue weighted by Gasteiger charge is 2.09. The van der Waals surface area contributed by atoms with Gasteiger partial charge in [0.15, 0.2) is 0 Å². The first-order chi connectivity index (χ1) is 9.20. The van der Waals surface area contributed by atoms with Crippen LogP contribution in [0, 0.1) is 6.92 Å². The molecule has 2 rings (SSSR count). The number of thiophene rings is 1. The molecule has 1 N–H and O–H groups in total. The van der Waals surface area contributed by atoms with Gasteiger partial charge in [0.2, 0.25) is 5.28 Å². The van der Waals surface area contributed by atoms with E-state index in [0.717, 1.165) is 16.0 Å². The van der Waals surface area contributed by atoms with Gasteiger partial charge in [0.05, 0.1) is 25.2 Å². The fourth-order valence-electron chi connectivity index (χ4n) is 1.64. The average Bonchev–Trinajstić information content (AvgIpc) is 2.73. The fraction of sp³-hybridized carbons (Fsp3) is 0.500. The lowest BCUT2D eigenvalue weighted by Gasteiger charge is -2.07. The largest absolute Gasteiger partial charge is 0.382 e. The third-order valence-electron chi connectivity index (χ3n) is 2.46. The van der Waals surface area contributed by atoms with E-state index in [1.54, 1.807) is 18.4 Å². The van der Waals surface area contributed by atoms with Crippen LogP contribution >= 0.6 is 22.9 Å². The second kappa shape index (κ2) is 7.00. The quantitative estimate of drug-likeness (QED) is 0.629. The Morgan fingerprint density at radius 2 is 2.16 bits per heavy atom. The van der Waals surface area contributed by atoms with E-state index < -0.39 is 0 Å². The second-order valence-corrected chi connectivity index (χ2v) is 5.52. The molecule has 104 valence electrons. The van der Waals surface area contributed by atoms with E-state index in [4.69, 9.17) is 21.1 Å². The first-order valence-electron chi connectivity index (χ1n) is 5.95. The summed E-state index contributed by atoms with van der Waals surface area (Å²) in [6, 6.07) is 2.06. The number of nitrogens with zero attached hydrogens (tertiary/aromatic N) is 2. The summed E-state index contributed by atoms with van der Waals surface area (Å²) in [7, 11) is 1.65. The number of fused-ring (bicyclic) bond motifs is 1.